The lowest BCUT2D eigenvalue weighted by atomic mass is 9.98. The number of benzene rings is 1. The maximum Gasteiger partial charge on any atom is 0.0512 e. The molecule has 0 spiro atoms. The second-order valence-electron chi connectivity index (χ2n) is 4.84. The molecule has 96 valence electrons. The molecule has 17 heavy (non-hydrogen) atoms. The van der Waals surface area contributed by atoms with Crippen LogP contribution in [0.2, 0.25) is 0 Å². The molecular formula is C15H25NO. The van der Waals surface area contributed by atoms with Crippen LogP contribution in [-0.2, 0) is 0 Å². The first-order valence-electron chi connectivity index (χ1n) is 6.64. The number of hydrogen-bond donors (Lipinski definition) is 2. The van der Waals surface area contributed by atoms with Crippen LogP contribution < -0.4 is 5.32 Å². The van der Waals surface area contributed by atoms with Gasteiger partial charge in [-0.25, -0.2) is 0 Å². The van der Waals surface area contributed by atoms with Crippen LogP contribution in [0.3, 0.4) is 0 Å². The lowest BCUT2D eigenvalue weighted by Gasteiger charge is -2.12. The van der Waals surface area contributed by atoms with Crippen molar-refractivity contribution < 1.29 is 5.11 Å². The smallest absolute Gasteiger partial charge is 0.0512 e. The summed E-state index contributed by atoms with van der Waals surface area (Å²) in [5.74, 6) is 0.612. The molecular weight excluding hydrogens is 210 g/mol. The minimum Gasteiger partial charge on any atom is -0.393 e. The van der Waals surface area contributed by atoms with Crippen molar-refractivity contribution in [3.05, 3.63) is 35.9 Å². The lowest BCUT2D eigenvalue weighted by Crippen LogP contribution is -2.19. The van der Waals surface area contributed by atoms with Crippen LogP contribution >= 0.6 is 0 Å². The van der Waals surface area contributed by atoms with Crippen molar-refractivity contribution in [2.45, 2.75) is 45.1 Å². The fourth-order valence-corrected chi connectivity index (χ4v) is 1.91. The first-order valence-corrected chi connectivity index (χ1v) is 6.64. The van der Waals surface area contributed by atoms with Gasteiger partial charge in [0.25, 0.3) is 0 Å². The van der Waals surface area contributed by atoms with Gasteiger partial charge in [-0.15, -0.1) is 0 Å². The Kier molecular flexibility index (Phi) is 6.90. The summed E-state index contributed by atoms with van der Waals surface area (Å²) in [5.41, 5.74) is 1.42. The lowest BCUT2D eigenvalue weighted by molar-refractivity contribution is 0.181. The molecule has 0 aromatic heterocycles. The van der Waals surface area contributed by atoms with Crippen molar-refractivity contribution in [1.29, 1.82) is 0 Å². The standard InChI is InChI=1S/C15H25NO/c1-13(15-8-4-3-5-9-15)10-12-16-11-6-7-14(2)17/h3-5,8-9,13-14,16-17H,6-7,10-12H2,1-2H3. The zero-order chi connectivity index (χ0) is 12.5. The predicted molar refractivity (Wildman–Crippen MR) is 73.3 cm³/mol. The average molecular weight is 235 g/mol. The van der Waals surface area contributed by atoms with E-state index in [1.165, 1.54) is 12.0 Å². The van der Waals surface area contributed by atoms with Crippen LogP contribution in [0.5, 0.6) is 0 Å². The second-order valence-corrected chi connectivity index (χ2v) is 4.84. The van der Waals surface area contributed by atoms with E-state index in [-0.39, 0.29) is 6.10 Å². The van der Waals surface area contributed by atoms with Crippen molar-refractivity contribution in [3.8, 4) is 0 Å². The largest absolute Gasteiger partial charge is 0.393 e. The number of nitrogens with one attached hydrogen (secondary N) is 1. The SMILES string of the molecule is CC(O)CCCNCCC(C)c1ccccc1. The summed E-state index contributed by atoms with van der Waals surface area (Å²) < 4.78 is 0. The van der Waals surface area contributed by atoms with E-state index < -0.39 is 0 Å². The maximum atomic E-state index is 9.12. The monoisotopic (exact) mass is 235 g/mol. The van der Waals surface area contributed by atoms with Gasteiger partial charge in [-0.3, -0.25) is 0 Å². The van der Waals surface area contributed by atoms with Crippen molar-refractivity contribution in [2.75, 3.05) is 13.1 Å². The molecule has 0 fully saturated rings. The highest BCUT2D eigenvalue weighted by atomic mass is 16.3. The highest BCUT2D eigenvalue weighted by Crippen LogP contribution is 2.17. The molecule has 2 unspecified atom stereocenters. The van der Waals surface area contributed by atoms with E-state index in [2.05, 4.69) is 42.6 Å². The molecule has 1 aromatic carbocycles. The molecule has 0 bridgehead atoms. The second kappa shape index (κ2) is 8.26. The van der Waals surface area contributed by atoms with E-state index in [4.69, 9.17) is 5.11 Å². The Labute approximate surface area is 105 Å². The Hall–Kier alpha value is -0.860. The van der Waals surface area contributed by atoms with E-state index in [9.17, 15) is 0 Å². The minimum atomic E-state index is -0.167. The van der Waals surface area contributed by atoms with E-state index >= 15 is 0 Å². The number of rotatable bonds is 8. The van der Waals surface area contributed by atoms with Crippen molar-refractivity contribution >= 4 is 0 Å². The van der Waals surface area contributed by atoms with Gasteiger partial charge in [0, 0.05) is 0 Å². The highest BCUT2D eigenvalue weighted by molar-refractivity contribution is 5.18. The van der Waals surface area contributed by atoms with E-state index in [0.717, 1.165) is 25.9 Å². The van der Waals surface area contributed by atoms with Crippen LogP contribution in [0.4, 0.5) is 0 Å². The van der Waals surface area contributed by atoms with Crippen LogP contribution in [0.15, 0.2) is 30.3 Å². The van der Waals surface area contributed by atoms with E-state index in [1.807, 2.05) is 6.92 Å². The molecule has 0 saturated heterocycles. The predicted octanol–water partition coefficient (Wildman–Crippen LogP) is 2.93. The van der Waals surface area contributed by atoms with Crippen LogP contribution in [0.1, 0.15) is 44.6 Å². The summed E-state index contributed by atoms with van der Waals surface area (Å²) in [6.45, 7) is 6.17. The molecule has 0 saturated carbocycles. The molecule has 1 aromatic rings. The number of aliphatic hydroxyl groups excluding tert-OH is 1. The molecule has 2 atom stereocenters. The topological polar surface area (TPSA) is 32.3 Å². The first-order chi connectivity index (χ1) is 8.20. The van der Waals surface area contributed by atoms with Crippen LogP contribution in [0, 0.1) is 0 Å². The van der Waals surface area contributed by atoms with Crippen LogP contribution in [0.25, 0.3) is 0 Å². The summed E-state index contributed by atoms with van der Waals surface area (Å²) in [5, 5.41) is 12.5. The number of aliphatic hydroxyl groups is 1. The molecule has 0 aliphatic heterocycles. The molecule has 2 nitrogen and oxygen atoms in total. The van der Waals surface area contributed by atoms with Gasteiger partial charge in [0.05, 0.1) is 6.10 Å². The molecule has 2 heteroatoms. The molecule has 0 radical (unpaired) electrons. The van der Waals surface area contributed by atoms with Gasteiger partial charge < -0.3 is 10.4 Å². The van der Waals surface area contributed by atoms with Crippen LogP contribution in [-0.4, -0.2) is 24.3 Å². The van der Waals surface area contributed by atoms with Gasteiger partial charge in [-0.1, -0.05) is 37.3 Å². The molecule has 1 rings (SSSR count). The zero-order valence-corrected chi connectivity index (χ0v) is 11.0. The molecule has 0 aliphatic rings. The molecule has 0 amide bonds. The van der Waals surface area contributed by atoms with Gasteiger partial charge in [-0.2, -0.15) is 0 Å². The van der Waals surface area contributed by atoms with Gasteiger partial charge >= 0.3 is 0 Å². The van der Waals surface area contributed by atoms with E-state index in [1.54, 1.807) is 0 Å². The zero-order valence-electron chi connectivity index (χ0n) is 11.0. The van der Waals surface area contributed by atoms with Crippen molar-refractivity contribution in [3.63, 3.8) is 0 Å². The molecule has 0 aliphatic carbocycles. The molecule has 0 heterocycles. The fourth-order valence-electron chi connectivity index (χ4n) is 1.91. The Morgan fingerprint density at radius 3 is 2.41 bits per heavy atom. The van der Waals surface area contributed by atoms with Gasteiger partial charge in [0.15, 0.2) is 0 Å². The third-order valence-electron chi connectivity index (χ3n) is 3.10. The summed E-state index contributed by atoms with van der Waals surface area (Å²) in [7, 11) is 0. The Bertz CT molecular complexity index is 284. The minimum absolute atomic E-state index is 0.167. The van der Waals surface area contributed by atoms with Gasteiger partial charge in [0.1, 0.15) is 0 Å². The first kappa shape index (κ1) is 14.2. The summed E-state index contributed by atoms with van der Waals surface area (Å²) in [6, 6.07) is 10.6. The van der Waals surface area contributed by atoms with Crippen molar-refractivity contribution in [1.82, 2.24) is 5.32 Å². The normalized spacial score (nSPS) is 14.5. The van der Waals surface area contributed by atoms with E-state index in [0.29, 0.717) is 5.92 Å². The third kappa shape index (κ3) is 6.44. The molecule has 2 N–H and O–H groups in total. The van der Waals surface area contributed by atoms with Gasteiger partial charge in [-0.05, 0) is 50.8 Å². The number of hydrogen-bond acceptors (Lipinski definition) is 2. The Morgan fingerprint density at radius 1 is 1.06 bits per heavy atom. The summed E-state index contributed by atoms with van der Waals surface area (Å²) in [6.07, 6.45) is 2.94. The quantitative estimate of drug-likeness (QED) is 0.679. The highest BCUT2D eigenvalue weighted by Gasteiger charge is 2.03. The third-order valence-corrected chi connectivity index (χ3v) is 3.10. The average Bonchev–Trinajstić information content (AvgIpc) is 2.34. The summed E-state index contributed by atoms with van der Waals surface area (Å²) >= 11 is 0. The Balaban J connectivity index is 2.07. The fraction of sp³-hybridized carbons (Fsp3) is 0.600. The summed E-state index contributed by atoms with van der Waals surface area (Å²) in [4.78, 5) is 0. The van der Waals surface area contributed by atoms with Gasteiger partial charge in [0.2, 0.25) is 0 Å². The Morgan fingerprint density at radius 2 is 1.76 bits per heavy atom. The van der Waals surface area contributed by atoms with Crippen molar-refractivity contribution in [2.24, 2.45) is 0 Å². The maximum absolute atomic E-state index is 9.12.